The van der Waals surface area contributed by atoms with Gasteiger partial charge in [-0.25, -0.2) is 0 Å². The smallest absolute Gasteiger partial charge is 0.119 e. The molecule has 1 aromatic rings. The van der Waals surface area contributed by atoms with Crippen molar-refractivity contribution in [1.29, 1.82) is 0 Å². The van der Waals surface area contributed by atoms with E-state index in [2.05, 4.69) is 4.90 Å². The Balaban J connectivity index is 1.49. The van der Waals surface area contributed by atoms with Gasteiger partial charge >= 0.3 is 0 Å². The summed E-state index contributed by atoms with van der Waals surface area (Å²) < 4.78 is 5.68. The van der Waals surface area contributed by atoms with Crippen molar-refractivity contribution in [2.45, 2.75) is 38.5 Å². The maximum Gasteiger partial charge on any atom is 0.119 e. The number of benzene rings is 1. The first-order chi connectivity index (χ1) is 9.34. The van der Waals surface area contributed by atoms with Gasteiger partial charge in [0.1, 0.15) is 5.75 Å². The third-order valence-electron chi connectivity index (χ3n) is 3.65. The highest BCUT2D eigenvalue weighted by molar-refractivity contribution is 6.30. The van der Waals surface area contributed by atoms with Crippen LogP contribution in [0.3, 0.4) is 0 Å². The van der Waals surface area contributed by atoms with Gasteiger partial charge in [-0.15, -0.1) is 0 Å². The van der Waals surface area contributed by atoms with Crippen molar-refractivity contribution in [2.24, 2.45) is 0 Å². The Kier molecular flexibility index (Phi) is 6.52. The summed E-state index contributed by atoms with van der Waals surface area (Å²) >= 11 is 5.83. The second-order valence-corrected chi connectivity index (χ2v) is 5.70. The molecular formula is C16H24ClNO. The zero-order valence-corrected chi connectivity index (χ0v) is 12.4. The SMILES string of the molecule is Clc1ccc(OCCCCCN2CCCCC2)cc1. The van der Waals surface area contributed by atoms with Gasteiger partial charge in [-0.1, -0.05) is 18.0 Å². The van der Waals surface area contributed by atoms with Crippen LogP contribution in [-0.4, -0.2) is 31.1 Å². The van der Waals surface area contributed by atoms with Crippen molar-refractivity contribution >= 4 is 11.6 Å². The highest BCUT2D eigenvalue weighted by Crippen LogP contribution is 2.16. The van der Waals surface area contributed by atoms with E-state index in [-0.39, 0.29) is 0 Å². The summed E-state index contributed by atoms with van der Waals surface area (Å²) in [5.74, 6) is 0.917. The van der Waals surface area contributed by atoms with Crippen LogP contribution >= 0.6 is 11.6 Å². The van der Waals surface area contributed by atoms with Crippen LogP contribution in [-0.2, 0) is 0 Å². The summed E-state index contributed by atoms with van der Waals surface area (Å²) in [4.78, 5) is 2.60. The molecule has 1 fully saturated rings. The van der Waals surface area contributed by atoms with E-state index in [4.69, 9.17) is 16.3 Å². The van der Waals surface area contributed by atoms with E-state index < -0.39 is 0 Å². The molecule has 2 rings (SSSR count). The number of likely N-dealkylation sites (tertiary alicyclic amines) is 1. The lowest BCUT2D eigenvalue weighted by Crippen LogP contribution is -2.30. The Morgan fingerprint density at radius 3 is 2.42 bits per heavy atom. The van der Waals surface area contributed by atoms with Crippen molar-refractivity contribution in [3.8, 4) is 5.75 Å². The van der Waals surface area contributed by atoms with E-state index in [1.54, 1.807) is 0 Å². The molecule has 0 spiro atoms. The number of piperidine rings is 1. The van der Waals surface area contributed by atoms with Gasteiger partial charge in [0.2, 0.25) is 0 Å². The number of hydrogen-bond donors (Lipinski definition) is 0. The molecule has 0 saturated carbocycles. The first-order valence-corrected chi connectivity index (χ1v) is 7.83. The predicted molar refractivity (Wildman–Crippen MR) is 81.1 cm³/mol. The minimum Gasteiger partial charge on any atom is -0.494 e. The number of halogens is 1. The molecule has 2 nitrogen and oxygen atoms in total. The molecule has 0 radical (unpaired) electrons. The molecule has 3 heteroatoms. The Hall–Kier alpha value is -0.730. The van der Waals surface area contributed by atoms with E-state index in [9.17, 15) is 0 Å². The van der Waals surface area contributed by atoms with Gasteiger partial charge in [0.05, 0.1) is 6.61 Å². The molecule has 0 atom stereocenters. The van der Waals surface area contributed by atoms with Crippen LogP contribution in [0.5, 0.6) is 5.75 Å². The number of unbranched alkanes of at least 4 members (excludes halogenated alkanes) is 2. The molecule has 1 aromatic carbocycles. The molecule has 1 aliphatic heterocycles. The number of hydrogen-bond acceptors (Lipinski definition) is 2. The first-order valence-electron chi connectivity index (χ1n) is 7.45. The summed E-state index contributed by atoms with van der Waals surface area (Å²) in [6.07, 6.45) is 7.88. The number of rotatable bonds is 7. The second kappa shape index (κ2) is 8.44. The molecular weight excluding hydrogens is 258 g/mol. The van der Waals surface area contributed by atoms with Crippen molar-refractivity contribution in [3.63, 3.8) is 0 Å². The highest BCUT2D eigenvalue weighted by Gasteiger charge is 2.08. The van der Waals surface area contributed by atoms with Gasteiger partial charge in [0.25, 0.3) is 0 Å². The average molecular weight is 282 g/mol. The lowest BCUT2D eigenvalue weighted by atomic mass is 10.1. The lowest BCUT2D eigenvalue weighted by Gasteiger charge is -2.26. The molecule has 0 aromatic heterocycles. The van der Waals surface area contributed by atoms with Crippen LogP contribution in [0.15, 0.2) is 24.3 Å². The Morgan fingerprint density at radius 2 is 1.68 bits per heavy atom. The lowest BCUT2D eigenvalue weighted by molar-refractivity contribution is 0.221. The molecule has 0 aliphatic carbocycles. The molecule has 106 valence electrons. The Bertz CT molecular complexity index is 346. The van der Waals surface area contributed by atoms with E-state index in [1.807, 2.05) is 24.3 Å². The predicted octanol–water partition coefficient (Wildman–Crippen LogP) is 4.38. The molecule has 19 heavy (non-hydrogen) atoms. The summed E-state index contributed by atoms with van der Waals surface area (Å²) in [5.41, 5.74) is 0. The van der Waals surface area contributed by atoms with Crippen LogP contribution in [0.1, 0.15) is 38.5 Å². The maximum atomic E-state index is 5.83. The molecule has 0 amide bonds. The van der Waals surface area contributed by atoms with Crippen LogP contribution in [0, 0.1) is 0 Å². The van der Waals surface area contributed by atoms with E-state index in [0.717, 1.165) is 23.8 Å². The number of ether oxygens (including phenoxy) is 1. The average Bonchev–Trinajstić information content (AvgIpc) is 2.46. The summed E-state index contributed by atoms with van der Waals surface area (Å²) in [6.45, 7) is 4.69. The Morgan fingerprint density at radius 1 is 0.947 bits per heavy atom. The maximum absolute atomic E-state index is 5.83. The van der Waals surface area contributed by atoms with E-state index >= 15 is 0 Å². The van der Waals surface area contributed by atoms with Crippen LogP contribution in [0.4, 0.5) is 0 Å². The van der Waals surface area contributed by atoms with Crippen molar-refractivity contribution < 1.29 is 4.74 Å². The quantitative estimate of drug-likeness (QED) is 0.688. The van der Waals surface area contributed by atoms with Crippen molar-refractivity contribution in [3.05, 3.63) is 29.3 Å². The van der Waals surface area contributed by atoms with Gasteiger partial charge in [-0.05, 0) is 76.0 Å². The van der Waals surface area contributed by atoms with E-state index in [1.165, 1.54) is 51.7 Å². The van der Waals surface area contributed by atoms with E-state index in [0.29, 0.717) is 0 Å². The molecule has 0 N–H and O–H groups in total. The summed E-state index contributed by atoms with van der Waals surface area (Å²) in [5, 5.41) is 0.758. The van der Waals surface area contributed by atoms with Crippen molar-refractivity contribution in [1.82, 2.24) is 4.90 Å². The second-order valence-electron chi connectivity index (χ2n) is 5.27. The molecule has 0 bridgehead atoms. The third kappa shape index (κ3) is 5.84. The summed E-state index contributed by atoms with van der Waals surface area (Å²) in [6, 6.07) is 7.59. The van der Waals surface area contributed by atoms with Crippen LogP contribution in [0.2, 0.25) is 5.02 Å². The molecule has 1 heterocycles. The fourth-order valence-electron chi connectivity index (χ4n) is 2.52. The first kappa shape index (κ1) is 14.7. The monoisotopic (exact) mass is 281 g/mol. The summed E-state index contributed by atoms with van der Waals surface area (Å²) in [7, 11) is 0. The Labute approximate surface area is 121 Å². The van der Waals surface area contributed by atoms with Gasteiger partial charge in [0.15, 0.2) is 0 Å². The molecule has 1 saturated heterocycles. The van der Waals surface area contributed by atoms with Crippen LogP contribution in [0.25, 0.3) is 0 Å². The van der Waals surface area contributed by atoms with Gasteiger partial charge < -0.3 is 9.64 Å². The highest BCUT2D eigenvalue weighted by atomic mass is 35.5. The zero-order valence-electron chi connectivity index (χ0n) is 11.6. The topological polar surface area (TPSA) is 12.5 Å². The fraction of sp³-hybridized carbons (Fsp3) is 0.625. The zero-order chi connectivity index (χ0) is 13.3. The van der Waals surface area contributed by atoms with Gasteiger partial charge in [0, 0.05) is 5.02 Å². The minimum atomic E-state index is 0.758. The van der Waals surface area contributed by atoms with Gasteiger partial charge in [-0.2, -0.15) is 0 Å². The van der Waals surface area contributed by atoms with Crippen LogP contribution < -0.4 is 4.74 Å². The fourth-order valence-corrected chi connectivity index (χ4v) is 2.64. The molecule has 1 aliphatic rings. The number of nitrogens with zero attached hydrogens (tertiary/aromatic N) is 1. The molecule has 0 unspecified atom stereocenters. The largest absolute Gasteiger partial charge is 0.494 e. The third-order valence-corrected chi connectivity index (χ3v) is 3.90. The van der Waals surface area contributed by atoms with Gasteiger partial charge in [-0.3, -0.25) is 0 Å². The standard InChI is InChI=1S/C16H24ClNO/c17-15-7-9-16(10-8-15)19-14-6-2-5-13-18-11-3-1-4-12-18/h7-10H,1-6,11-14H2. The minimum absolute atomic E-state index is 0.758. The normalized spacial score (nSPS) is 16.5. The van der Waals surface area contributed by atoms with Crippen molar-refractivity contribution in [2.75, 3.05) is 26.2 Å².